The quantitative estimate of drug-likeness (QED) is 0.690. The summed E-state index contributed by atoms with van der Waals surface area (Å²) in [6, 6.07) is 0.155. The summed E-state index contributed by atoms with van der Waals surface area (Å²) in [6.45, 7) is 1.58. The summed E-state index contributed by atoms with van der Waals surface area (Å²) in [6.07, 6.45) is 0. The smallest absolute Gasteiger partial charge is 0.185 e. The van der Waals surface area contributed by atoms with Crippen LogP contribution in [-0.2, 0) is 13.6 Å². The minimum absolute atomic E-state index is 0.117. The van der Waals surface area contributed by atoms with E-state index in [-0.39, 0.29) is 12.6 Å². The maximum atomic E-state index is 13.4. The van der Waals surface area contributed by atoms with Crippen LogP contribution in [0.2, 0.25) is 0 Å². The highest BCUT2D eigenvalue weighted by atomic mass is 19.2. The van der Waals surface area contributed by atoms with Crippen LogP contribution < -0.4 is 5.32 Å². The maximum absolute atomic E-state index is 13.4. The first-order chi connectivity index (χ1) is 8.91. The van der Waals surface area contributed by atoms with Crippen molar-refractivity contribution in [1.82, 2.24) is 14.8 Å². The lowest BCUT2D eigenvalue weighted by atomic mass is 10.2. The van der Waals surface area contributed by atoms with Gasteiger partial charge in [0, 0.05) is 13.1 Å². The number of hydrogen-bond donors (Lipinski definition) is 1. The molecule has 2 rings (SSSR count). The zero-order valence-electron chi connectivity index (χ0n) is 10.1. The van der Waals surface area contributed by atoms with Crippen LogP contribution in [0.3, 0.4) is 0 Å². The highest BCUT2D eigenvalue weighted by Crippen LogP contribution is 2.24. The van der Waals surface area contributed by atoms with Gasteiger partial charge in [0.2, 0.25) is 0 Å². The van der Waals surface area contributed by atoms with E-state index < -0.39 is 29.0 Å². The molecule has 0 fully saturated rings. The molecular weight excluding hydrogens is 264 g/mol. The van der Waals surface area contributed by atoms with Crippen molar-refractivity contribution in [2.45, 2.75) is 13.5 Å². The molecule has 0 atom stereocenters. The Hall–Kier alpha value is -2.12. The predicted molar refractivity (Wildman–Crippen MR) is 59.3 cm³/mol. The lowest BCUT2D eigenvalue weighted by molar-refractivity contribution is 0.458. The van der Waals surface area contributed by atoms with E-state index in [1.54, 1.807) is 18.5 Å². The zero-order chi connectivity index (χ0) is 14.2. The van der Waals surface area contributed by atoms with E-state index in [4.69, 9.17) is 0 Å². The van der Waals surface area contributed by atoms with Crippen LogP contribution in [0.15, 0.2) is 6.07 Å². The van der Waals surface area contributed by atoms with E-state index >= 15 is 0 Å². The van der Waals surface area contributed by atoms with Gasteiger partial charge in [-0.1, -0.05) is 0 Å². The molecule has 4 nitrogen and oxygen atoms in total. The molecule has 0 spiro atoms. The van der Waals surface area contributed by atoms with Gasteiger partial charge in [0.1, 0.15) is 11.5 Å². The third-order valence-electron chi connectivity index (χ3n) is 2.72. The number of aryl methyl sites for hydroxylation is 1. The summed E-state index contributed by atoms with van der Waals surface area (Å²) in [4.78, 5) is 0. The average Bonchev–Trinajstić information content (AvgIpc) is 2.68. The van der Waals surface area contributed by atoms with Crippen molar-refractivity contribution in [2.24, 2.45) is 7.05 Å². The van der Waals surface area contributed by atoms with Crippen molar-refractivity contribution in [3.05, 3.63) is 41.0 Å². The monoisotopic (exact) mass is 274 g/mol. The lowest BCUT2D eigenvalue weighted by Gasteiger charge is -2.09. The standard InChI is InChI=1S/C11H10F4N4/c1-5-17-18-8(19(5)2)4-16-11-9(14)6(12)3-7(13)10(11)15/h3,16H,4H2,1-2H3. The van der Waals surface area contributed by atoms with Gasteiger partial charge in [-0.15, -0.1) is 10.2 Å². The number of halogens is 4. The molecule has 19 heavy (non-hydrogen) atoms. The third kappa shape index (κ3) is 2.38. The first-order valence-corrected chi connectivity index (χ1v) is 5.33. The van der Waals surface area contributed by atoms with Crippen LogP contribution in [-0.4, -0.2) is 14.8 Å². The van der Waals surface area contributed by atoms with Gasteiger partial charge in [0.05, 0.1) is 6.54 Å². The fourth-order valence-corrected chi connectivity index (χ4v) is 1.50. The fraction of sp³-hybridized carbons (Fsp3) is 0.273. The number of rotatable bonds is 3. The first kappa shape index (κ1) is 13.3. The Bertz CT molecular complexity index is 597. The molecule has 1 N–H and O–H groups in total. The highest BCUT2D eigenvalue weighted by Gasteiger charge is 2.19. The normalized spacial score (nSPS) is 10.8. The minimum atomic E-state index is -1.47. The van der Waals surface area contributed by atoms with E-state index in [1.165, 1.54) is 0 Å². The fourth-order valence-electron chi connectivity index (χ4n) is 1.50. The van der Waals surface area contributed by atoms with Gasteiger partial charge in [-0.25, -0.2) is 17.6 Å². The molecule has 0 radical (unpaired) electrons. The maximum Gasteiger partial charge on any atom is 0.185 e. The summed E-state index contributed by atoms with van der Waals surface area (Å²) in [5.41, 5.74) is -0.863. The second kappa shape index (κ2) is 4.87. The Morgan fingerprint density at radius 3 is 2.16 bits per heavy atom. The topological polar surface area (TPSA) is 42.7 Å². The molecule has 0 aliphatic carbocycles. The SMILES string of the molecule is Cc1nnc(CNc2c(F)c(F)cc(F)c2F)n1C. The van der Waals surface area contributed by atoms with E-state index in [1.807, 2.05) is 0 Å². The van der Waals surface area contributed by atoms with Crippen molar-refractivity contribution < 1.29 is 17.6 Å². The predicted octanol–water partition coefficient (Wildman–Crippen LogP) is 2.29. The largest absolute Gasteiger partial charge is 0.373 e. The molecule has 0 unspecified atom stereocenters. The molecule has 1 aromatic carbocycles. The van der Waals surface area contributed by atoms with Crippen molar-refractivity contribution in [2.75, 3.05) is 5.32 Å². The Balaban J connectivity index is 2.27. The summed E-state index contributed by atoms with van der Waals surface area (Å²) < 4.78 is 54.3. The molecule has 1 aromatic heterocycles. The van der Waals surface area contributed by atoms with Crippen molar-refractivity contribution in [3.8, 4) is 0 Å². The second-order valence-corrected chi connectivity index (χ2v) is 3.92. The number of hydrogen-bond acceptors (Lipinski definition) is 3. The van der Waals surface area contributed by atoms with Crippen LogP contribution in [0.1, 0.15) is 11.6 Å². The zero-order valence-corrected chi connectivity index (χ0v) is 10.1. The molecule has 0 aliphatic heterocycles. The Kier molecular flexibility index (Phi) is 3.41. The van der Waals surface area contributed by atoms with E-state index in [2.05, 4.69) is 15.5 Å². The molecule has 0 bridgehead atoms. The van der Waals surface area contributed by atoms with Gasteiger partial charge in [0.15, 0.2) is 29.1 Å². The Labute approximate surface area is 106 Å². The average molecular weight is 274 g/mol. The summed E-state index contributed by atoms with van der Waals surface area (Å²) >= 11 is 0. The molecular formula is C11H10F4N4. The number of benzene rings is 1. The third-order valence-corrected chi connectivity index (χ3v) is 2.72. The number of nitrogens with zero attached hydrogens (tertiary/aromatic N) is 3. The van der Waals surface area contributed by atoms with Gasteiger partial charge in [0.25, 0.3) is 0 Å². The van der Waals surface area contributed by atoms with Gasteiger partial charge in [-0.05, 0) is 6.92 Å². The number of nitrogens with one attached hydrogen (secondary N) is 1. The minimum Gasteiger partial charge on any atom is -0.373 e. The van der Waals surface area contributed by atoms with Crippen LogP contribution in [0, 0.1) is 30.2 Å². The van der Waals surface area contributed by atoms with Crippen LogP contribution in [0.5, 0.6) is 0 Å². The van der Waals surface area contributed by atoms with Crippen molar-refractivity contribution >= 4 is 5.69 Å². The van der Waals surface area contributed by atoms with Crippen LogP contribution in [0.4, 0.5) is 23.2 Å². The molecule has 2 aromatic rings. The molecule has 0 aliphatic rings. The van der Waals surface area contributed by atoms with Gasteiger partial charge >= 0.3 is 0 Å². The highest BCUT2D eigenvalue weighted by molar-refractivity contribution is 5.47. The summed E-state index contributed by atoms with van der Waals surface area (Å²) in [7, 11) is 1.66. The van der Waals surface area contributed by atoms with Gasteiger partial charge in [-0.2, -0.15) is 0 Å². The number of anilines is 1. The molecule has 1 heterocycles. The van der Waals surface area contributed by atoms with E-state index in [9.17, 15) is 17.6 Å². The van der Waals surface area contributed by atoms with Gasteiger partial charge < -0.3 is 9.88 Å². The summed E-state index contributed by atoms with van der Waals surface area (Å²) in [5.74, 6) is -4.90. The summed E-state index contributed by atoms with van der Waals surface area (Å²) in [5, 5.41) is 9.78. The lowest BCUT2D eigenvalue weighted by Crippen LogP contribution is -2.10. The molecule has 0 saturated carbocycles. The molecule has 0 saturated heterocycles. The molecule has 102 valence electrons. The van der Waals surface area contributed by atoms with E-state index in [0.717, 1.165) is 0 Å². The van der Waals surface area contributed by atoms with Gasteiger partial charge in [-0.3, -0.25) is 0 Å². The molecule has 8 heteroatoms. The first-order valence-electron chi connectivity index (χ1n) is 5.33. The van der Waals surface area contributed by atoms with Crippen LogP contribution in [0.25, 0.3) is 0 Å². The Morgan fingerprint density at radius 2 is 1.68 bits per heavy atom. The Morgan fingerprint density at radius 1 is 1.11 bits per heavy atom. The van der Waals surface area contributed by atoms with Crippen LogP contribution >= 0.6 is 0 Å². The second-order valence-electron chi connectivity index (χ2n) is 3.92. The van der Waals surface area contributed by atoms with Crippen molar-refractivity contribution in [1.29, 1.82) is 0 Å². The van der Waals surface area contributed by atoms with E-state index in [0.29, 0.717) is 11.6 Å². The van der Waals surface area contributed by atoms with Crippen molar-refractivity contribution in [3.63, 3.8) is 0 Å². The molecule has 0 amide bonds. The number of aromatic nitrogens is 3.